The van der Waals surface area contributed by atoms with E-state index in [1.54, 1.807) is 6.92 Å². The Morgan fingerprint density at radius 3 is 2.23 bits per heavy atom. The third-order valence-corrected chi connectivity index (χ3v) is 6.86. The number of pyridine rings is 1. The molecule has 4 rings (SSSR count). The van der Waals surface area contributed by atoms with Gasteiger partial charge in [-0.2, -0.15) is 13.2 Å². The molecule has 8 nitrogen and oxygen atoms in total. The molecule has 2 N–H and O–H groups in total. The SMILES string of the molecule is CC1CC12C(=O)N(c1ccc(S(=O)(=O)C(F)(F)F)cc1)C(=O)N2c1ccnc(N)c1. The second-order valence-corrected chi connectivity index (χ2v) is 9.11. The number of nitrogens with zero attached hydrogens (tertiary/aromatic N) is 3. The van der Waals surface area contributed by atoms with Gasteiger partial charge in [-0.1, -0.05) is 6.92 Å². The van der Waals surface area contributed by atoms with Gasteiger partial charge in [-0.05, 0) is 42.7 Å². The van der Waals surface area contributed by atoms with Gasteiger partial charge in [0.1, 0.15) is 11.4 Å². The van der Waals surface area contributed by atoms with Crippen LogP contribution in [0, 0.1) is 5.92 Å². The molecule has 2 fully saturated rings. The lowest BCUT2D eigenvalue weighted by Gasteiger charge is -2.22. The molecule has 2 unspecified atom stereocenters. The van der Waals surface area contributed by atoms with Crippen molar-refractivity contribution >= 4 is 39.0 Å². The first-order valence-corrected chi connectivity index (χ1v) is 10.2. The van der Waals surface area contributed by atoms with Crippen LogP contribution in [0.2, 0.25) is 0 Å². The predicted molar refractivity (Wildman–Crippen MR) is 100 cm³/mol. The van der Waals surface area contributed by atoms with Crippen molar-refractivity contribution < 1.29 is 31.2 Å². The minimum absolute atomic E-state index is 0.0332. The van der Waals surface area contributed by atoms with Crippen molar-refractivity contribution in [1.82, 2.24) is 4.98 Å². The van der Waals surface area contributed by atoms with E-state index >= 15 is 0 Å². The van der Waals surface area contributed by atoms with Crippen molar-refractivity contribution in [2.24, 2.45) is 5.92 Å². The molecule has 1 saturated carbocycles. The summed E-state index contributed by atoms with van der Waals surface area (Å²) in [5.41, 5.74) is -0.559. The summed E-state index contributed by atoms with van der Waals surface area (Å²) >= 11 is 0. The smallest absolute Gasteiger partial charge is 0.384 e. The number of carbonyl (C=O) groups excluding carboxylic acids is 2. The van der Waals surface area contributed by atoms with Gasteiger partial charge in [0.25, 0.3) is 15.7 Å². The highest BCUT2D eigenvalue weighted by molar-refractivity contribution is 7.92. The van der Waals surface area contributed by atoms with E-state index in [0.717, 1.165) is 29.2 Å². The van der Waals surface area contributed by atoms with Gasteiger partial charge in [-0.3, -0.25) is 9.69 Å². The molecule has 2 aliphatic rings. The molecule has 158 valence electrons. The van der Waals surface area contributed by atoms with Crippen LogP contribution in [0.4, 0.5) is 35.2 Å². The van der Waals surface area contributed by atoms with Crippen molar-refractivity contribution in [2.45, 2.75) is 29.3 Å². The summed E-state index contributed by atoms with van der Waals surface area (Å²) in [4.78, 5) is 31.3. The van der Waals surface area contributed by atoms with Crippen LogP contribution < -0.4 is 15.5 Å². The van der Waals surface area contributed by atoms with Crippen LogP contribution in [0.1, 0.15) is 13.3 Å². The number of hydrogen-bond donors (Lipinski definition) is 1. The maximum atomic E-state index is 13.1. The predicted octanol–water partition coefficient (Wildman–Crippen LogP) is 2.71. The summed E-state index contributed by atoms with van der Waals surface area (Å²) in [6.45, 7) is 1.80. The minimum atomic E-state index is -5.54. The Labute approximate surface area is 169 Å². The van der Waals surface area contributed by atoms with E-state index in [4.69, 9.17) is 5.73 Å². The summed E-state index contributed by atoms with van der Waals surface area (Å²) in [7, 11) is -5.54. The molecule has 1 aliphatic carbocycles. The highest BCUT2D eigenvalue weighted by Crippen LogP contribution is 2.55. The van der Waals surface area contributed by atoms with E-state index in [9.17, 15) is 31.2 Å². The number of nitrogen functional groups attached to an aromatic ring is 1. The number of carbonyl (C=O) groups is 2. The van der Waals surface area contributed by atoms with Crippen LogP contribution in [-0.4, -0.2) is 36.4 Å². The average Bonchev–Trinajstić information content (AvgIpc) is 3.27. The Kier molecular flexibility index (Phi) is 4.14. The number of anilines is 3. The number of nitrogens with two attached hydrogens (primary N) is 1. The molecule has 2 heterocycles. The number of urea groups is 1. The van der Waals surface area contributed by atoms with E-state index in [0.29, 0.717) is 12.1 Å². The maximum Gasteiger partial charge on any atom is 0.501 e. The molecule has 1 aliphatic heterocycles. The number of halogens is 3. The second kappa shape index (κ2) is 6.17. The molecule has 0 radical (unpaired) electrons. The van der Waals surface area contributed by atoms with Gasteiger partial charge in [-0.25, -0.2) is 23.1 Å². The zero-order valence-electron chi connectivity index (χ0n) is 15.4. The van der Waals surface area contributed by atoms with E-state index in [-0.39, 0.29) is 17.4 Å². The fraction of sp³-hybridized carbons (Fsp3) is 0.278. The topological polar surface area (TPSA) is 114 Å². The lowest BCUT2D eigenvalue weighted by molar-refractivity contribution is -0.119. The first kappa shape index (κ1) is 20.1. The summed E-state index contributed by atoms with van der Waals surface area (Å²) < 4.78 is 61.3. The van der Waals surface area contributed by atoms with E-state index in [2.05, 4.69) is 4.98 Å². The van der Waals surface area contributed by atoms with Gasteiger partial charge in [0.2, 0.25) is 0 Å². The van der Waals surface area contributed by atoms with E-state index in [1.807, 2.05) is 0 Å². The van der Waals surface area contributed by atoms with Gasteiger partial charge >= 0.3 is 11.5 Å². The molecule has 1 aromatic carbocycles. The van der Waals surface area contributed by atoms with Crippen LogP contribution in [0.15, 0.2) is 47.5 Å². The van der Waals surface area contributed by atoms with Gasteiger partial charge in [0, 0.05) is 12.3 Å². The molecule has 2 aromatic rings. The third-order valence-electron chi connectivity index (χ3n) is 5.36. The third kappa shape index (κ3) is 2.66. The Hall–Kier alpha value is -3.15. The number of alkyl halides is 3. The lowest BCUT2D eigenvalue weighted by atomic mass is 10.1. The molecular weight excluding hydrogens is 425 g/mol. The maximum absolute atomic E-state index is 13.1. The molecule has 1 saturated heterocycles. The number of imide groups is 1. The highest BCUT2D eigenvalue weighted by Gasteiger charge is 2.70. The van der Waals surface area contributed by atoms with Gasteiger partial charge in [-0.15, -0.1) is 0 Å². The summed E-state index contributed by atoms with van der Waals surface area (Å²) in [5, 5.41) is 0. The number of aromatic nitrogens is 1. The molecular formula is C18H15F3N4O4S. The molecule has 30 heavy (non-hydrogen) atoms. The first-order valence-electron chi connectivity index (χ1n) is 8.73. The molecule has 12 heteroatoms. The molecule has 0 bridgehead atoms. The van der Waals surface area contributed by atoms with Crippen LogP contribution in [-0.2, 0) is 14.6 Å². The second-order valence-electron chi connectivity index (χ2n) is 7.17. The quantitative estimate of drug-likeness (QED) is 0.735. The van der Waals surface area contributed by atoms with Gasteiger partial charge < -0.3 is 5.73 Å². The van der Waals surface area contributed by atoms with E-state index < -0.39 is 37.7 Å². The normalized spacial score (nSPS) is 24.1. The van der Waals surface area contributed by atoms with Crippen molar-refractivity contribution in [3.8, 4) is 0 Å². The van der Waals surface area contributed by atoms with Crippen LogP contribution >= 0.6 is 0 Å². The number of sulfone groups is 1. The molecule has 1 spiro atoms. The van der Waals surface area contributed by atoms with Crippen LogP contribution in [0.3, 0.4) is 0 Å². The fourth-order valence-electron chi connectivity index (χ4n) is 3.72. The van der Waals surface area contributed by atoms with E-state index in [1.165, 1.54) is 23.2 Å². The number of benzene rings is 1. The van der Waals surface area contributed by atoms with Crippen molar-refractivity contribution in [2.75, 3.05) is 15.5 Å². The Morgan fingerprint density at radius 1 is 1.13 bits per heavy atom. The Balaban J connectivity index is 1.74. The first-order chi connectivity index (χ1) is 13.9. The summed E-state index contributed by atoms with van der Waals surface area (Å²) in [6.07, 6.45) is 1.79. The standard InChI is InChI=1S/C18H15F3N4O4S/c1-10-9-17(10)15(26)24(16(27)25(17)12-6-7-23-14(22)8-12)11-2-4-13(5-3-11)30(28,29)18(19,20)21/h2-8,10H,9H2,1H3,(H2,22,23). The van der Waals surface area contributed by atoms with Gasteiger partial charge in [0.05, 0.1) is 16.3 Å². The fourth-order valence-corrected chi connectivity index (χ4v) is 4.48. The zero-order chi connectivity index (χ0) is 22.1. The van der Waals surface area contributed by atoms with Crippen molar-refractivity contribution in [3.63, 3.8) is 0 Å². The highest BCUT2D eigenvalue weighted by atomic mass is 32.2. The summed E-state index contributed by atoms with van der Waals surface area (Å²) in [5.74, 6) is -0.545. The van der Waals surface area contributed by atoms with Gasteiger partial charge in [0.15, 0.2) is 0 Å². The number of hydrogen-bond acceptors (Lipinski definition) is 6. The Bertz CT molecular complexity index is 1170. The monoisotopic (exact) mass is 440 g/mol. The Morgan fingerprint density at radius 2 is 1.73 bits per heavy atom. The van der Waals surface area contributed by atoms with Crippen LogP contribution in [0.5, 0.6) is 0 Å². The number of rotatable bonds is 3. The lowest BCUT2D eigenvalue weighted by Crippen LogP contribution is -2.39. The molecule has 2 atom stereocenters. The van der Waals surface area contributed by atoms with Crippen molar-refractivity contribution in [3.05, 3.63) is 42.6 Å². The average molecular weight is 440 g/mol. The molecule has 3 amide bonds. The van der Waals surface area contributed by atoms with Crippen LogP contribution in [0.25, 0.3) is 0 Å². The number of amides is 3. The molecule has 1 aromatic heterocycles. The van der Waals surface area contributed by atoms with Crippen molar-refractivity contribution in [1.29, 1.82) is 0 Å². The summed E-state index contributed by atoms with van der Waals surface area (Å²) in [6, 6.07) is 5.70. The minimum Gasteiger partial charge on any atom is -0.384 e. The zero-order valence-corrected chi connectivity index (χ0v) is 16.2. The largest absolute Gasteiger partial charge is 0.501 e.